The molecule has 3 aromatic rings. The number of benzene rings is 2. The van der Waals surface area contributed by atoms with Crippen molar-refractivity contribution in [2.75, 3.05) is 0 Å². The summed E-state index contributed by atoms with van der Waals surface area (Å²) < 4.78 is 6.98. The van der Waals surface area contributed by atoms with Crippen LogP contribution in [-0.4, -0.2) is 0 Å². The number of furan rings is 1. The van der Waals surface area contributed by atoms with Crippen molar-refractivity contribution in [3.05, 3.63) is 46.4 Å². The lowest BCUT2D eigenvalue weighted by Gasteiger charge is -2.18. The van der Waals surface area contributed by atoms with E-state index in [0.29, 0.717) is 0 Å². The summed E-state index contributed by atoms with van der Waals surface area (Å²) in [6, 6.07) is 12.7. The molecule has 0 aliphatic rings. The molecule has 1 heterocycles. The summed E-state index contributed by atoms with van der Waals surface area (Å²) in [6.45, 7) is 6.65. The zero-order valence-electron chi connectivity index (χ0n) is 10.8. The predicted octanol–water partition coefficient (Wildman–Crippen LogP) is 5.65. The molecule has 0 saturated carbocycles. The fourth-order valence-electron chi connectivity index (χ4n) is 2.23. The van der Waals surface area contributed by atoms with Gasteiger partial charge in [-0.1, -0.05) is 45.0 Å². The maximum absolute atomic E-state index is 5.97. The van der Waals surface area contributed by atoms with Crippen molar-refractivity contribution in [1.82, 2.24) is 0 Å². The highest BCUT2D eigenvalue weighted by Crippen LogP contribution is 2.35. The quantitative estimate of drug-likeness (QED) is 0.523. The SMILES string of the molecule is CC(C)(C)c1ccc2c(c1)oc1c(Br)cccc12. The molecule has 0 bridgehead atoms. The van der Waals surface area contributed by atoms with E-state index in [4.69, 9.17) is 4.42 Å². The van der Waals surface area contributed by atoms with E-state index >= 15 is 0 Å². The Morgan fingerprint density at radius 1 is 1.00 bits per heavy atom. The van der Waals surface area contributed by atoms with Crippen molar-refractivity contribution in [2.24, 2.45) is 0 Å². The van der Waals surface area contributed by atoms with Gasteiger partial charge in [0.15, 0.2) is 0 Å². The Bertz CT molecular complexity index is 732. The van der Waals surface area contributed by atoms with Crippen molar-refractivity contribution >= 4 is 37.9 Å². The molecule has 2 aromatic carbocycles. The second-order valence-corrected chi connectivity index (χ2v) is 6.53. The number of hydrogen-bond donors (Lipinski definition) is 0. The normalized spacial score (nSPS) is 12.4. The predicted molar refractivity (Wildman–Crippen MR) is 80.1 cm³/mol. The van der Waals surface area contributed by atoms with Crippen LogP contribution < -0.4 is 0 Å². The van der Waals surface area contributed by atoms with E-state index in [0.717, 1.165) is 15.6 Å². The van der Waals surface area contributed by atoms with Crippen molar-refractivity contribution in [1.29, 1.82) is 0 Å². The molecular weight excluding hydrogens is 288 g/mol. The van der Waals surface area contributed by atoms with E-state index in [1.165, 1.54) is 16.3 Å². The van der Waals surface area contributed by atoms with Crippen LogP contribution in [0.2, 0.25) is 0 Å². The third kappa shape index (κ3) is 1.76. The first-order chi connectivity index (χ1) is 8.47. The van der Waals surface area contributed by atoms with Gasteiger partial charge in [0.1, 0.15) is 11.2 Å². The van der Waals surface area contributed by atoms with E-state index in [2.05, 4.69) is 61.0 Å². The highest BCUT2D eigenvalue weighted by Gasteiger charge is 2.16. The third-order valence-corrected chi connectivity index (χ3v) is 3.94. The molecule has 0 saturated heterocycles. The Labute approximate surface area is 115 Å². The van der Waals surface area contributed by atoms with Gasteiger partial charge in [0.2, 0.25) is 0 Å². The Hall–Kier alpha value is -1.28. The minimum Gasteiger partial charge on any atom is -0.455 e. The minimum absolute atomic E-state index is 0.143. The molecule has 0 atom stereocenters. The van der Waals surface area contributed by atoms with E-state index in [9.17, 15) is 0 Å². The van der Waals surface area contributed by atoms with Crippen LogP contribution in [0.5, 0.6) is 0 Å². The molecule has 18 heavy (non-hydrogen) atoms. The van der Waals surface area contributed by atoms with Gasteiger partial charge in [-0.25, -0.2) is 0 Å². The van der Waals surface area contributed by atoms with E-state index in [1.807, 2.05) is 12.1 Å². The average molecular weight is 303 g/mol. The summed E-state index contributed by atoms with van der Waals surface area (Å²) >= 11 is 3.54. The van der Waals surface area contributed by atoms with E-state index in [1.54, 1.807) is 0 Å². The van der Waals surface area contributed by atoms with E-state index < -0.39 is 0 Å². The maximum Gasteiger partial charge on any atom is 0.149 e. The lowest BCUT2D eigenvalue weighted by Crippen LogP contribution is -2.10. The van der Waals surface area contributed by atoms with Crippen molar-refractivity contribution in [2.45, 2.75) is 26.2 Å². The Kier molecular flexibility index (Phi) is 2.53. The monoisotopic (exact) mass is 302 g/mol. The van der Waals surface area contributed by atoms with Gasteiger partial charge in [-0.05, 0) is 39.0 Å². The highest BCUT2D eigenvalue weighted by molar-refractivity contribution is 9.10. The molecule has 1 aromatic heterocycles. The molecule has 0 unspecified atom stereocenters. The third-order valence-electron chi connectivity index (χ3n) is 3.32. The summed E-state index contributed by atoms with van der Waals surface area (Å²) in [5.74, 6) is 0. The number of rotatable bonds is 0. The van der Waals surface area contributed by atoms with Crippen molar-refractivity contribution in [3.8, 4) is 0 Å². The molecule has 92 valence electrons. The lowest BCUT2D eigenvalue weighted by atomic mass is 9.87. The largest absolute Gasteiger partial charge is 0.455 e. The topological polar surface area (TPSA) is 13.1 Å². The van der Waals surface area contributed by atoms with Crippen molar-refractivity contribution in [3.63, 3.8) is 0 Å². The summed E-state index contributed by atoms with van der Waals surface area (Å²) in [5.41, 5.74) is 3.33. The molecule has 0 radical (unpaired) electrons. The highest BCUT2D eigenvalue weighted by atomic mass is 79.9. The minimum atomic E-state index is 0.143. The van der Waals surface area contributed by atoms with Crippen LogP contribution in [0.4, 0.5) is 0 Å². The van der Waals surface area contributed by atoms with Crippen LogP contribution in [0.25, 0.3) is 21.9 Å². The summed E-state index contributed by atoms with van der Waals surface area (Å²) in [4.78, 5) is 0. The van der Waals surface area contributed by atoms with Gasteiger partial charge in [-0.2, -0.15) is 0 Å². The zero-order valence-corrected chi connectivity index (χ0v) is 12.3. The molecule has 1 nitrogen and oxygen atoms in total. The Balaban J connectivity index is 2.37. The average Bonchev–Trinajstić information content (AvgIpc) is 2.67. The van der Waals surface area contributed by atoms with Crippen LogP contribution in [0, 0.1) is 0 Å². The maximum atomic E-state index is 5.97. The van der Waals surface area contributed by atoms with Crippen LogP contribution >= 0.6 is 15.9 Å². The number of fused-ring (bicyclic) bond motifs is 3. The molecule has 0 aliphatic carbocycles. The first-order valence-corrected chi connectivity index (χ1v) is 6.87. The standard InChI is InChI=1S/C16H15BrO/c1-16(2,3)10-7-8-11-12-5-4-6-13(17)15(12)18-14(11)9-10/h4-9H,1-3H3. The molecule has 0 aliphatic heterocycles. The number of halogens is 1. The summed E-state index contributed by atoms with van der Waals surface area (Å²) in [7, 11) is 0. The molecular formula is C16H15BrO. The number of hydrogen-bond acceptors (Lipinski definition) is 1. The molecule has 0 spiro atoms. The Morgan fingerprint density at radius 3 is 2.50 bits per heavy atom. The van der Waals surface area contributed by atoms with E-state index in [-0.39, 0.29) is 5.41 Å². The van der Waals surface area contributed by atoms with Gasteiger partial charge in [-0.15, -0.1) is 0 Å². The zero-order chi connectivity index (χ0) is 12.9. The second kappa shape index (κ2) is 3.86. The van der Waals surface area contributed by atoms with Gasteiger partial charge in [0.25, 0.3) is 0 Å². The van der Waals surface area contributed by atoms with Gasteiger partial charge in [0, 0.05) is 10.8 Å². The lowest BCUT2D eigenvalue weighted by molar-refractivity contribution is 0.587. The second-order valence-electron chi connectivity index (χ2n) is 5.68. The molecule has 0 amide bonds. The summed E-state index contributed by atoms with van der Waals surface area (Å²) in [5, 5.41) is 2.35. The molecule has 0 fully saturated rings. The van der Waals surface area contributed by atoms with Gasteiger partial charge < -0.3 is 4.42 Å². The molecule has 2 heteroatoms. The first kappa shape index (κ1) is 11.8. The smallest absolute Gasteiger partial charge is 0.149 e. The van der Waals surface area contributed by atoms with Crippen molar-refractivity contribution < 1.29 is 4.42 Å². The fourth-order valence-corrected chi connectivity index (χ4v) is 2.68. The summed E-state index contributed by atoms with van der Waals surface area (Å²) in [6.07, 6.45) is 0. The van der Waals surface area contributed by atoms with Crippen LogP contribution in [0.15, 0.2) is 45.3 Å². The molecule has 0 N–H and O–H groups in total. The fraction of sp³-hybridized carbons (Fsp3) is 0.250. The first-order valence-electron chi connectivity index (χ1n) is 6.08. The Morgan fingerprint density at radius 2 is 1.78 bits per heavy atom. The van der Waals surface area contributed by atoms with Gasteiger partial charge >= 0.3 is 0 Å². The number of para-hydroxylation sites is 1. The van der Waals surface area contributed by atoms with Crippen LogP contribution in [0.1, 0.15) is 26.3 Å². The van der Waals surface area contributed by atoms with Crippen LogP contribution in [-0.2, 0) is 5.41 Å². The van der Waals surface area contributed by atoms with Crippen LogP contribution in [0.3, 0.4) is 0 Å². The van der Waals surface area contributed by atoms with Gasteiger partial charge in [-0.3, -0.25) is 0 Å². The molecule has 3 rings (SSSR count). The van der Waals surface area contributed by atoms with Gasteiger partial charge in [0.05, 0.1) is 4.47 Å².